The fourth-order valence-corrected chi connectivity index (χ4v) is 3.03. The Balaban J connectivity index is 1.76. The van der Waals surface area contributed by atoms with Crippen molar-refractivity contribution in [3.05, 3.63) is 35.6 Å². The van der Waals surface area contributed by atoms with E-state index >= 15 is 0 Å². The number of benzene rings is 1. The number of thiazole rings is 1. The van der Waals surface area contributed by atoms with E-state index in [1.807, 2.05) is 0 Å². The normalized spacial score (nSPS) is 12.5. The second-order valence-corrected chi connectivity index (χ2v) is 6.30. The standard InChI is InChI=1S/C14H11ClF2N4O2S/c1-7(21-6-8(15)5-18-21)12(22)20-14-19-10-3-2-9(23-13(16)17)4-11(10)24-14/h2-7,13H,1H3,(H,19,20,22). The highest BCUT2D eigenvalue weighted by Gasteiger charge is 2.18. The number of alkyl halides is 2. The molecular formula is C14H11ClF2N4O2S. The summed E-state index contributed by atoms with van der Waals surface area (Å²) >= 11 is 6.94. The molecule has 3 aromatic rings. The Bertz CT molecular complexity index is 883. The van der Waals surface area contributed by atoms with Crippen LogP contribution < -0.4 is 10.1 Å². The zero-order chi connectivity index (χ0) is 17.3. The number of carbonyl (C=O) groups excluding carboxylic acids is 1. The van der Waals surface area contributed by atoms with Crippen molar-refractivity contribution in [3.8, 4) is 5.75 Å². The van der Waals surface area contributed by atoms with Gasteiger partial charge in [-0.1, -0.05) is 22.9 Å². The zero-order valence-corrected chi connectivity index (χ0v) is 13.8. The summed E-state index contributed by atoms with van der Waals surface area (Å²) in [5, 5.41) is 7.44. The van der Waals surface area contributed by atoms with Crippen LogP contribution in [0.4, 0.5) is 13.9 Å². The van der Waals surface area contributed by atoms with Crippen molar-refractivity contribution in [2.75, 3.05) is 5.32 Å². The number of carbonyl (C=O) groups is 1. The largest absolute Gasteiger partial charge is 0.435 e. The molecule has 126 valence electrons. The van der Waals surface area contributed by atoms with Crippen LogP contribution in [0.2, 0.25) is 5.02 Å². The predicted octanol–water partition coefficient (Wildman–Crippen LogP) is 3.95. The number of nitrogens with one attached hydrogen (secondary N) is 1. The topological polar surface area (TPSA) is 69.0 Å². The van der Waals surface area contributed by atoms with Crippen LogP contribution in [0.3, 0.4) is 0 Å². The minimum Gasteiger partial charge on any atom is -0.435 e. The molecule has 1 aromatic carbocycles. The third-order valence-corrected chi connectivity index (χ3v) is 4.29. The second-order valence-electron chi connectivity index (χ2n) is 4.83. The zero-order valence-electron chi connectivity index (χ0n) is 12.2. The highest BCUT2D eigenvalue weighted by Crippen LogP contribution is 2.30. The number of amides is 1. The highest BCUT2D eigenvalue weighted by molar-refractivity contribution is 7.22. The van der Waals surface area contributed by atoms with Crippen molar-refractivity contribution in [1.82, 2.24) is 14.8 Å². The molecule has 2 heterocycles. The molecule has 0 spiro atoms. The first-order valence-corrected chi connectivity index (χ1v) is 7.98. The van der Waals surface area contributed by atoms with Gasteiger partial charge in [-0.2, -0.15) is 13.9 Å². The summed E-state index contributed by atoms with van der Waals surface area (Å²) < 4.78 is 30.9. The predicted molar refractivity (Wildman–Crippen MR) is 86.8 cm³/mol. The average molecular weight is 373 g/mol. The van der Waals surface area contributed by atoms with Crippen LogP contribution in [0.1, 0.15) is 13.0 Å². The molecule has 24 heavy (non-hydrogen) atoms. The van der Waals surface area contributed by atoms with Gasteiger partial charge >= 0.3 is 6.61 Å². The number of nitrogens with zero attached hydrogens (tertiary/aromatic N) is 3. The highest BCUT2D eigenvalue weighted by atomic mass is 35.5. The van der Waals surface area contributed by atoms with Crippen LogP contribution in [-0.4, -0.2) is 27.3 Å². The molecular weight excluding hydrogens is 362 g/mol. The maximum Gasteiger partial charge on any atom is 0.387 e. The fraction of sp³-hybridized carbons (Fsp3) is 0.214. The van der Waals surface area contributed by atoms with E-state index in [9.17, 15) is 13.6 Å². The molecule has 0 aliphatic heterocycles. The van der Waals surface area contributed by atoms with Crippen molar-refractivity contribution in [2.45, 2.75) is 19.6 Å². The third-order valence-electron chi connectivity index (χ3n) is 3.16. The minimum atomic E-state index is -2.89. The van der Waals surface area contributed by atoms with E-state index in [1.165, 1.54) is 29.2 Å². The lowest BCUT2D eigenvalue weighted by atomic mass is 10.3. The van der Waals surface area contributed by atoms with Crippen LogP contribution in [0, 0.1) is 0 Å². The summed E-state index contributed by atoms with van der Waals surface area (Å²) in [5.41, 5.74) is 0.576. The molecule has 1 N–H and O–H groups in total. The molecule has 1 amide bonds. The number of hydrogen-bond acceptors (Lipinski definition) is 5. The molecule has 0 radical (unpaired) electrons. The summed E-state index contributed by atoms with van der Waals surface area (Å²) in [6.45, 7) is -1.23. The molecule has 0 bridgehead atoms. The van der Waals surface area contributed by atoms with Gasteiger partial charge in [0, 0.05) is 6.20 Å². The van der Waals surface area contributed by atoms with E-state index in [0.29, 0.717) is 20.4 Å². The monoisotopic (exact) mass is 372 g/mol. The molecule has 1 unspecified atom stereocenters. The van der Waals surface area contributed by atoms with Gasteiger partial charge in [0.25, 0.3) is 5.91 Å². The van der Waals surface area contributed by atoms with Crippen molar-refractivity contribution in [1.29, 1.82) is 0 Å². The molecule has 0 fully saturated rings. The maximum absolute atomic E-state index is 12.2. The van der Waals surface area contributed by atoms with Gasteiger partial charge in [0.2, 0.25) is 0 Å². The Morgan fingerprint density at radius 3 is 2.92 bits per heavy atom. The van der Waals surface area contributed by atoms with Crippen molar-refractivity contribution < 1.29 is 18.3 Å². The molecule has 0 saturated carbocycles. The Labute approximate surface area is 144 Å². The number of rotatable bonds is 5. The van der Waals surface area contributed by atoms with Crippen molar-refractivity contribution >= 4 is 44.2 Å². The summed E-state index contributed by atoms with van der Waals surface area (Å²) in [5.74, 6) is -0.281. The number of fused-ring (bicyclic) bond motifs is 1. The van der Waals surface area contributed by atoms with Gasteiger partial charge in [0.05, 0.1) is 21.4 Å². The number of aromatic nitrogens is 3. The first-order valence-electron chi connectivity index (χ1n) is 6.78. The van der Waals surface area contributed by atoms with Crippen LogP contribution in [0.15, 0.2) is 30.6 Å². The first-order chi connectivity index (χ1) is 11.4. The summed E-state index contributed by atoms with van der Waals surface area (Å²) in [6.07, 6.45) is 2.98. The first kappa shape index (κ1) is 16.6. The third kappa shape index (κ3) is 3.62. The van der Waals surface area contributed by atoms with Crippen LogP contribution in [0.5, 0.6) is 5.75 Å². The summed E-state index contributed by atoms with van der Waals surface area (Å²) in [6, 6.07) is 3.82. The quantitative estimate of drug-likeness (QED) is 0.736. The van der Waals surface area contributed by atoms with Gasteiger partial charge in [-0.3, -0.25) is 9.48 Å². The SMILES string of the molecule is CC(C(=O)Nc1nc2ccc(OC(F)F)cc2s1)n1cc(Cl)cn1. The van der Waals surface area contributed by atoms with Gasteiger partial charge in [0.1, 0.15) is 11.8 Å². The van der Waals surface area contributed by atoms with E-state index < -0.39 is 12.7 Å². The van der Waals surface area contributed by atoms with Crippen LogP contribution in [-0.2, 0) is 4.79 Å². The summed E-state index contributed by atoms with van der Waals surface area (Å²) in [4.78, 5) is 16.5. The Morgan fingerprint density at radius 1 is 1.46 bits per heavy atom. The van der Waals surface area contributed by atoms with Gasteiger partial charge in [-0.15, -0.1) is 0 Å². The molecule has 0 saturated heterocycles. The molecule has 6 nitrogen and oxygen atoms in total. The number of anilines is 1. The lowest BCUT2D eigenvalue weighted by Gasteiger charge is -2.10. The lowest BCUT2D eigenvalue weighted by molar-refractivity contribution is -0.119. The van der Waals surface area contributed by atoms with Gasteiger partial charge in [0.15, 0.2) is 5.13 Å². The van der Waals surface area contributed by atoms with Crippen molar-refractivity contribution in [3.63, 3.8) is 0 Å². The minimum absolute atomic E-state index is 0.0403. The lowest BCUT2D eigenvalue weighted by Crippen LogP contribution is -2.23. The van der Waals surface area contributed by atoms with E-state index in [1.54, 1.807) is 13.0 Å². The maximum atomic E-state index is 12.2. The van der Waals surface area contributed by atoms with E-state index in [2.05, 4.69) is 20.1 Å². The summed E-state index contributed by atoms with van der Waals surface area (Å²) in [7, 11) is 0. The molecule has 0 aliphatic carbocycles. The van der Waals surface area contributed by atoms with E-state index in [0.717, 1.165) is 11.3 Å². The van der Waals surface area contributed by atoms with E-state index in [-0.39, 0.29) is 11.7 Å². The number of ether oxygens (including phenoxy) is 1. The van der Waals surface area contributed by atoms with Crippen LogP contribution in [0.25, 0.3) is 10.2 Å². The van der Waals surface area contributed by atoms with Crippen molar-refractivity contribution in [2.24, 2.45) is 0 Å². The molecule has 0 aliphatic rings. The number of halogens is 3. The second kappa shape index (κ2) is 6.70. The Morgan fingerprint density at radius 2 is 2.25 bits per heavy atom. The average Bonchev–Trinajstić information content (AvgIpc) is 3.11. The molecule has 10 heteroatoms. The van der Waals surface area contributed by atoms with Gasteiger partial charge in [-0.05, 0) is 25.1 Å². The Hall–Kier alpha value is -2.26. The fourth-order valence-electron chi connectivity index (χ4n) is 1.99. The van der Waals surface area contributed by atoms with Crippen LogP contribution >= 0.6 is 22.9 Å². The molecule has 3 rings (SSSR count). The van der Waals surface area contributed by atoms with Gasteiger partial charge in [-0.25, -0.2) is 4.98 Å². The Kier molecular flexibility index (Phi) is 4.63. The number of hydrogen-bond donors (Lipinski definition) is 1. The molecule has 1 atom stereocenters. The smallest absolute Gasteiger partial charge is 0.387 e. The molecule has 2 aromatic heterocycles. The van der Waals surface area contributed by atoms with E-state index in [4.69, 9.17) is 11.6 Å². The van der Waals surface area contributed by atoms with Gasteiger partial charge < -0.3 is 10.1 Å².